The van der Waals surface area contributed by atoms with Gasteiger partial charge in [0.2, 0.25) is 0 Å². The Labute approximate surface area is 263 Å². The molecule has 2 aromatic heterocycles. The average Bonchev–Trinajstić information content (AvgIpc) is 3.44. The van der Waals surface area contributed by atoms with Gasteiger partial charge in [0.15, 0.2) is 0 Å². The summed E-state index contributed by atoms with van der Waals surface area (Å²) in [6.45, 7) is 5.79. The topological polar surface area (TPSA) is 174 Å². The van der Waals surface area contributed by atoms with Gasteiger partial charge in [-0.2, -0.15) is 5.10 Å². The van der Waals surface area contributed by atoms with Crippen LogP contribution in [0.25, 0.3) is 5.69 Å². The van der Waals surface area contributed by atoms with Crippen molar-refractivity contribution in [1.29, 1.82) is 0 Å². The van der Waals surface area contributed by atoms with Crippen LogP contribution in [0.3, 0.4) is 0 Å². The lowest BCUT2D eigenvalue weighted by Gasteiger charge is -2.14. The zero-order valence-electron chi connectivity index (χ0n) is 25.6. The van der Waals surface area contributed by atoms with Gasteiger partial charge in [-0.25, -0.2) is 13.9 Å². The van der Waals surface area contributed by atoms with Gasteiger partial charge < -0.3 is 25.2 Å². The van der Waals surface area contributed by atoms with Gasteiger partial charge in [0.1, 0.15) is 35.4 Å². The zero-order chi connectivity index (χ0) is 33.4. The fourth-order valence-electron chi connectivity index (χ4n) is 4.05. The lowest BCUT2D eigenvalue weighted by Crippen LogP contribution is -2.22. The molecule has 0 radical (unpaired) electrons. The first-order valence-electron chi connectivity index (χ1n) is 14.1. The van der Waals surface area contributed by atoms with Crippen LogP contribution in [-0.4, -0.2) is 50.8 Å². The van der Waals surface area contributed by atoms with Gasteiger partial charge in [-0.05, 0) is 35.9 Å². The number of nitrogens with one attached hydrogen (secondary N) is 3. The summed E-state index contributed by atoms with van der Waals surface area (Å²) in [6.07, 6.45) is 0.823. The standard InChI is InChI=1S/C32H33FN6O7/c1-32(2,3)26-17-27(39(38-26)20-7-5-6-19(14-20)18-45-29(42)11-10-28(40)41)37-31(44)36-24-9-8-21(15-23(24)33)46-22-12-13-35-25(16-22)30(43)34-4/h5-9,12-17H,10-11,18H2,1-4H3,(H,34,43)(H,40,41)(H2,36,37,44). The maximum atomic E-state index is 15.0. The molecule has 2 heterocycles. The number of hydrogen-bond donors (Lipinski definition) is 4. The fraction of sp³-hybridized carbons (Fsp3) is 0.250. The lowest BCUT2D eigenvalue weighted by molar-refractivity contribution is -0.148. The summed E-state index contributed by atoms with van der Waals surface area (Å²) in [5.74, 6) is -2.19. The average molecular weight is 633 g/mol. The number of carboxylic acid groups (broad SMARTS) is 1. The Morgan fingerprint density at radius 3 is 2.41 bits per heavy atom. The second-order valence-corrected chi connectivity index (χ2v) is 11.1. The Bertz CT molecular complexity index is 1770. The quantitative estimate of drug-likeness (QED) is 0.158. The van der Waals surface area contributed by atoms with E-state index >= 15 is 0 Å². The number of carbonyl (C=O) groups is 4. The minimum absolute atomic E-state index is 0.0850. The highest BCUT2D eigenvalue weighted by Gasteiger charge is 2.22. The number of pyridine rings is 1. The predicted octanol–water partition coefficient (Wildman–Crippen LogP) is 5.41. The van der Waals surface area contributed by atoms with Gasteiger partial charge in [-0.1, -0.05) is 32.9 Å². The van der Waals surface area contributed by atoms with Gasteiger partial charge in [0, 0.05) is 36.9 Å². The van der Waals surface area contributed by atoms with E-state index in [9.17, 15) is 23.6 Å². The third-order valence-corrected chi connectivity index (χ3v) is 6.43. The minimum atomic E-state index is -1.09. The van der Waals surface area contributed by atoms with E-state index in [1.807, 2.05) is 20.8 Å². The van der Waals surface area contributed by atoms with Crippen molar-refractivity contribution in [1.82, 2.24) is 20.1 Å². The van der Waals surface area contributed by atoms with Crippen molar-refractivity contribution < 1.29 is 38.1 Å². The number of hydrogen-bond acceptors (Lipinski definition) is 8. The third kappa shape index (κ3) is 8.87. The van der Waals surface area contributed by atoms with E-state index in [4.69, 9.17) is 14.6 Å². The van der Waals surface area contributed by atoms with Gasteiger partial charge in [-0.15, -0.1) is 0 Å². The Balaban J connectivity index is 1.48. The largest absolute Gasteiger partial charge is 0.481 e. The number of halogens is 1. The first-order chi connectivity index (χ1) is 21.8. The first kappa shape index (κ1) is 33.1. The third-order valence-electron chi connectivity index (χ3n) is 6.43. The van der Waals surface area contributed by atoms with Crippen LogP contribution in [0.15, 0.2) is 66.9 Å². The van der Waals surface area contributed by atoms with Crippen molar-refractivity contribution in [2.45, 2.75) is 45.6 Å². The summed E-state index contributed by atoms with van der Waals surface area (Å²) >= 11 is 0. The predicted molar refractivity (Wildman–Crippen MR) is 166 cm³/mol. The molecule has 0 bridgehead atoms. The highest BCUT2D eigenvalue weighted by atomic mass is 19.1. The number of carboxylic acids is 1. The second-order valence-electron chi connectivity index (χ2n) is 11.1. The summed E-state index contributed by atoms with van der Waals surface area (Å²) in [5, 5.41) is 21.1. The van der Waals surface area contributed by atoms with Gasteiger partial charge in [0.25, 0.3) is 5.91 Å². The van der Waals surface area contributed by atoms with Crippen LogP contribution in [0.2, 0.25) is 0 Å². The maximum absolute atomic E-state index is 15.0. The van der Waals surface area contributed by atoms with Crippen molar-refractivity contribution in [3.8, 4) is 17.2 Å². The van der Waals surface area contributed by atoms with E-state index in [-0.39, 0.29) is 47.7 Å². The summed E-state index contributed by atoms with van der Waals surface area (Å²) in [6, 6.07) is 14.7. The second kappa shape index (κ2) is 14.3. The van der Waals surface area contributed by atoms with Crippen molar-refractivity contribution in [2.75, 3.05) is 17.7 Å². The zero-order valence-corrected chi connectivity index (χ0v) is 25.6. The minimum Gasteiger partial charge on any atom is -0.481 e. The highest BCUT2D eigenvalue weighted by molar-refractivity contribution is 5.99. The Hall–Kier alpha value is -5.79. The molecular weight excluding hydrogens is 599 g/mol. The molecule has 4 N–H and O–H groups in total. The molecule has 0 aliphatic carbocycles. The molecule has 46 heavy (non-hydrogen) atoms. The Morgan fingerprint density at radius 1 is 0.957 bits per heavy atom. The van der Waals surface area contributed by atoms with Crippen molar-refractivity contribution >= 4 is 35.4 Å². The van der Waals surface area contributed by atoms with E-state index in [1.165, 1.54) is 42.2 Å². The molecule has 13 nitrogen and oxygen atoms in total. The number of carbonyl (C=O) groups excluding carboxylic acids is 3. The molecule has 4 rings (SSSR count). The van der Waals surface area contributed by atoms with Crippen LogP contribution in [-0.2, 0) is 26.3 Å². The summed E-state index contributed by atoms with van der Waals surface area (Å²) < 4.78 is 27.4. The lowest BCUT2D eigenvalue weighted by atomic mass is 9.92. The number of aromatic nitrogens is 3. The molecule has 0 atom stereocenters. The molecule has 0 aliphatic rings. The smallest absolute Gasteiger partial charge is 0.324 e. The number of ether oxygens (including phenoxy) is 2. The Morgan fingerprint density at radius 2 is 1.72 bits per heavy atom. The SMILES string of the molecule is CNC(=O)c1cc(Oc2ccc(NC(=O)Nc3cc(C(C)(C)C)nn3-c3cccc(COC(=O)CCC(=O)O)c3)c(F)c2)ccn1. The molecule has 14 heteroatoms. The number of anilines is 2. The van der Waals surface area contributed by atoms with E-state index in [2.05, 4.69) is 26.0 Å². The van der Waals surface area contributed by atoms with Crippen LogP contribution in [0.1, 0.15) is 55.4 Å². The van der Waals surface area contributed by atoms with E-state index in [0.29, 0.717) is 22.8 Å². The number of amides is 3. The molecule has 240 valence electrons. The van der Waals surface area contributed by atoms with Crippen molar-refractivity contribution in [3.05, 3.63) is 89.6 Å². The number of nitrogens with zero attached hydrogens (tertiary/aromatic N) is 3. The van der Waals surface area contributed by atoms with E-state index in [0.717, 1.165) is 6.07 Å². The number of urea groups is 1. The molecule has 0 saturated carbocycles. The summed E-state index contributed by atoms with van der Waals surface area (Å²) in [4.78, 5) is 51.4. The van der Waals surface area contributed by atoms with Crippen LogP contribution in [0.5, 0.6) is 11.5 Å². The number of benzene rings is 2. The van der Waals surface area contributed by atoms with Crippen molar-refractivity contribution in [3.63, 3.8) is 0 Å². The maximum Gasteiger partial charge on any atom is 0.324 e. The van der Waals surface area contributed by atoms with E-state index in [1.54, 1.807) is 30.3 Å². The highest BCUT2D eigenvalue weighted by Crippen LogP contribution is 2.28. The van der Waals surface area contributed by atoms with Crippen LogP contribution < -0.4 is 20.7 Å². The molecule has 0 saturated heterocycles. The first-order valence-corrected chi connectivity index (χ1v) is 14.1. The number of rotatable bonds is 11. The molecule has 0 aliphatic heterocycles. The molecule has 3 amide bonds. The van der Waals surface area contributed by atoms with Crippen LogP contribution >= 0.6 is 0 Å². The molecule has 0 unspecified atom stereocenters. The normalized spacial score (nSPS) is 11.0. The Kier molecular flexibility index (Phi) is 10.3. The molecule has 0 fully saturated rings. The molecular formula is C32H33FN6O7. The molecule has 0 spiro atoms. The van der Waals surface area contributed by atoms with E-state index < -0.39 is 29.7 Å². The van der Waals surface area contributed by atoms with Crippen LogP contribution in [0.4, 0.5) is 20.7 Å². The summed E-state index contributed by atoms with van der Waals surface area (Å²) in [5.41, 5.74) is 1.47. The van der Waals surface area contributed by atoms with Gasteiger partial charge >= 0.3 is 18.0 Å². The van der Waals surface area contributed by atoms with Gasteiger partial charge in [-0.3, -0.25) is 24.7 Å². The summed E-state index contributed by atoms with van der Waals surface area (Å²) in [7, 11) is 1.47. The number of aliphatic carboxylic acids is 1. The monoisotopic (exact) mass is 632 g/mol. The fourth-order valence-corrected chi connectivity index (χ4v) is 4.05. The van der Waals surface area contributed by atoms with Crippen molar-refractivity contribution in [2.24, 2.45) is 0 Å². The van der Waals surface area contributed by atoms with Gasteiger partial charge in [0.05, 0.1) is 29.9 Å². The number of esters is 1. The molecule has 2 aromatic carbocycles. The molecule has 4 aromatic rings. The van der Waals surface area contributed by atoms with Crippen LogP contribution in [0, 0.1) is 5.82 Å².